The van der Waals surface area contributed by atoms with Crippen molar-refractivity contribution in [2.45, 2.75) is 105 Å². The molecular formula is C27H48N4O3. The molecule has 2 aliphatic heterocycles. The first-order chi connectivity index (χ1) is 16.0. The normalized spacial score (nSPS) is 21.8. The molecule has 3 amide bonds. The Kier molecular flexibility index (Phi) is 10.6. The van der Waals surface area contributed by atoms with Gasteiger partial charge in [0.25, 0.3) is 0 Å². The van der Waals surface area contributed by atoms with Crippen LogP contribution in [0.3, 0.4) is 0 Å². The van der Waals surface area contributed by atoms with Crippen LogP contribution in [-0.2, 0) is 14.4 Å². The third kappa shape index (κ3) is 7.06. The van der Waals surface area contributed by atoms with Crippen LogP contribution in [0.2, 0.25) is 0 Å². The molecule has 1 unspecified atom stereocenters. The molecule has 0 aromatic rings. The monoisotopic (exact) mass is 476 g/mol. The first-order valence-corrected chi connectivity index (χ1v) is 13.3. The molecular weight excluding hydrogens is 428 g/mol. The first kappa shape index (κ1) is 28.3. The van der Waals surface area contributed by atoms with E-state index in [0.717, 1.165) is 51.7 Å². The van der Waals surface area contributed by atoms with Crippen molar-refractivity contribution in [2.24, 2.45) is 11.8 Å². The zero-order chi connectivity index (χ0) is 25.6. The number of rotatable bonds is 9. The van der Waals surface area contributed by atoms with Crippen LogP contribution in [0.4, 0.5) is 0 Å². The van der Waals surface area contributed by atoms with Crippen molar-refractivity contribution in [3.05, 3.63) is 11.6 Å². The van der Waals surface area contributed by atoms with Crippen LogP contribution in [0.25, 0.3) is 0 Å². The molecule has 2 fully saturated rings. The SMILES string of the molecule is CC(=C[C@H](C(C)C)N(C)C(=O)[C@@H](NC(=O)C1CCCCN1C(C)C)C(C)C)C(=O)N1CCCC1. The van der Waals surface area contributed by atoms with Crippen molar-refractivity contribution in [1.29, 1.82) is 0 Å². The summed E-state index contributed by atoms with van der Waals surface area (Å²) in [7, 11) is 1.79. The van der Waals surface area contributed by atoms with Crippen LogP contribution in [0, 0.1) is 11.8 Å². The number of nitrogens with zero attached hydrogens (tertiary/aromatic N) is 3. The highest BCUT2D eigenvalue weighted by Gasteiger charge is 2.36. The van der Waals surface area contributed by atoms with E-state index < -0.39 is 6.04 Å². The van der Waals surface area contributed by atoms with Crippen LogP contribution in [-0.4, -0.2) is 83.3 Å². The number of nitrogens with one attached hydrogen (secondary N) is 1. The first-order valence-electron chi connectivity index (χ1n) is 13.3. The fourth-order valence-electron chi connectivity index (χ4n) is 5.23. The summed E-state index contributed by atoms with van der Waals surface area (Å²) in [5.41, 5.74) is 0.681. The number of likely N-dealkylation sites (N-methyl/N-ethyl adjacent to an activating group) is 1. The van der Waals surface area contributed by atoms with E-state index in [4.69, 9.17) is 0 Å². The molecule has 0 aliphatic carbocycles. The van der Waals surface area contributed by atoms with Gasteiger partial charge >= 0.3 is 0 Å². The molecule has 7 heteroatoms. The maximum absolute atomic E-state index is 13.6. The summed E-state index contributed by atoms with van der Waals surface area (Å²) in [6.07, 6.45) is 7.01. The number of piperidine rings is 1. The molecule has 34 heavy (non-hydrogen) atoms. The van der Waals surface area contributed by atoms with Crippen molar-refractivity contribution >= 4 is 17.7 Å². The second-order valence-electron chi connectivity index (χ2n) is 11.1. The van der Waals surface area contributed by atoms with Crippen LogP contribution in [0.1, 0.15) is 80.6 Å². The Bertz CT molecular complexity index is 740. The lowest BCUT2D eigenvalue weighted by Crippen LogP contribution is -2.58. The fourth-order valence-corrected chi connectivity index (χ4v) is 5.23. The second-order valence-corrected chi connectivity index (χ2v) is 11.1. The maximum atomic E-state index is 13.6. The van der Waals surface area contributed by atoms with Crippen molar-refractivity contribution in [3.63, 3.8) is 0 Å². The number of likely N-dealkylation sites (tertiary alicyclic amines) is 2. The van der Waals surface area contributed by atoms with Crippen LogP contribution < -0.4 is 5.32 Å². The average Bonchev–Trinajstić information content (AvgIpc) is 3.33. The van der Waals surface area contributed by atoms with Gasteiger partial charge in [-0.2, -0.15) is 0 Å². The lowest BCUT2D eigenvalue weighted by atomic mass is 9.95. The Morgan fingerprint density at radius 3 is 2.03 bits per heavy atom. The van der Waals surface area contributed by atoms with Crippen molar-refractivity contribution in [2.75, 3.05) is 26.7 Å². The van der Waals surface area contributed by atoms with Gasteiger partial charge in [-0.05, 0) is 64.8 Å². The Morgan fingerprint density at radius 1 is 0.912 bits per heavy atom. The molecule has 2 heterocycles. The predicted molar refractivity (Wildman–Crippen MR) is 137 cm³/mol. The highest BCUT2D eigenvalue weighted by Crippen LogP contribution is 2.22. The lowest BCUT2D eigenvalue weighted by Gasteiger charge is -2.39. The molecule has 0 saturated carbocycles. The molecule has 3 atom stereocenters. The van der Waals surface area contributed by atoms with Gasteiger partial charge in [0.05, 0.1) is 12.1 Å². The molecule has 2 saturated heterocycles. The fraction of sp³-hybridized carbons (Fsp3) is 0.815. The molecule has 194 valence electrons. The van der Waals surface area contributed by atoms with E-state index in [1.807, 2.05) is 31.7 Å². The minimum Gasteiger partial charge on any atom is -0.343 e. The quantitative estimate of drug-likeness (QED) is 0.518. The number of amides is 3. The van der Waals surface area contributed by atoms with Gasteiger partial charge < -0.3 is 15.1 Å². The van der Waals surface area contributed by atoms with Gasteiger partial charge in [0.2, 0.25) is 17.7 Å². The topological polar surface area (TPSA) is 73.0 Å². The van der Waals surface area contributed by atoms with E-state index in [0.29, 0.717) is 11.6 Å². The van der Waals surface area contributed by atoms with Crippen molar-refractivity contribution in [1.82, 2.24) is 20.0 Å². The molecule has 0 aromatic carbocycles. The summed E-state index contributed by atoms with van der Waals surface area (Å²) in [6, 6.07) is -0.718. The second kappa shape index (κ2) is 12.7. The van der Waals surface area contributed by atoms with Crippen LogP contribution in [0.5, 0.6) is 0 Å². The predicted octanol–water partition coefficient (Wildman–Crippen LogP) is 3.44. The Labute approximate surface area is 207 Å². The number of carbonyl (C=O) groups is 3. The van der Waals surface area contributed by atoms with Gasteiger partial charge in [0.15, 0.2) is 0 Å². The Morgan fingerprint density at radius 2 is 1.50 bits per heavy atom. The minimum absolute atomic E-state index is 0.0425. The van der Waals surface area contributed by atoms with Gasteiger partial charge in [-0.3, -0.25) is 19.3 Å². The van der Waals surface area contributed by atoms with Gasteiger partial charge in [0.1, 0.15) is 6.04 Å². The molecule has 2 rings (SSSR count). The minimum atomic E-state index is -0.599. The standard InChI is InChI=1S/C27H48N4O3/c1-18(2)23(17-21(7)26(33)30-14-11-12-15-30)29(8)27(34)24(19(3)4)28-25(32)22-13-9-10-16-31(22)20(5)6/h17-20,22-24H,9-16H2,1-8H3,(H,28,32)/t22?,23-,24+/m1/s1. The van der Waals surface area contributed by atoms with Crippen LogP contribution >= 0.6 is 0 Å². The summed E-state index contributed by atoms with van der Waals surface area (Å²) in [5.74, 6) is -0.00558. The van der Waals surface area contributed by atoms with Crippen LogP contribution in [0.15, 0.2) is 11.6 Å². The smallest absolute Gasteiger partial charge is 0.249 e. The third-order valence-corrected chi connectivity index (χ3v) is 7.37. The Hall–Kier alpha value is -1.89. The largest absolute Gasteiger partial charge is 0.343 e. The number of hydrogen-bond donors (Lipinski definition) is 1. The zero-order valence-corrected chi connectivity index (χ0v) is 22.8. The van der Waals surface area contributed by atoms with E-state index in [2.05, 4.69) is 37.9 Å². The lowest BCUT2D eigenvalue weighted by molar-refractivity contribution is -0.140. The summed E-state index contributed by atoms with van der Waals surface area (Å²) >= 11 is 0. The molecule has 7 nitrogen and oxygen atoms in total. The van der Waals surface area contributed by atoms with E-state index in [1.165, 1.54) is 0 Å². The molecule has 1 N–H and O–H groups in total. The molecule has 0 spiro atoms. The Balaban J connectivity index is 2.17. The zero-order valence-electron chi connectivity index (χ0n) is 22.8. The molecule has 0 radical (unpaired) electrons. The number of hydrogen-bond acceptors (Lipinski definition) is 4. The molecule has 0 bridgehead atoms. The van der Waals surface area contributed by atoms with E-state index >= 15 is 0 Å². The van der Waals surface area contributed by atoms with E-state index in [9.17, 15) is 14.4 Å². The summed E-state index contributed by atoms with van der Waals surface area (Å²) < 4.78 is 0. The molecule has 0 aromatic heterocycles. The van der Waals surface area contributed by atoms with Gasteiger partial charge in [0, 0.05) is 31.8 Å². The van der Waals surface area contributed by atoms with Crippen molar-refractivity contribution in [3.8, 4) is 0 Å². The van der Waals surface area contributed by atoms with E-state index in [-0.39, 0.29) is 41.6 Å². The summed E-state index contributed by atoms with van der Waals surface area (Å²) in [4.78, 5) is 45.6. The van der Waals surface area contributed by atoms with Gasteiger partial charge in [-0.25, -0.2) is 0 Å². The van der Waals surface area contributed by atoms with Crippen molar-refractivity contribution < 1.29 is 14.4 Å². The molecule has 2 aliphatic rings. The third-order valence-electron chi connectivity index (χ3n) is 7.37. The van der Waals surface area contributed by atoms with E-state index in [1.54, 1.807) is 11.9 Å². The highest BCUT2D eigenvalue weighted by atomic mass is 16.2. The highest BCUT2D eigenvalue weighted by molar-refractivity contribution is 5.93. The summed E-state index contributed by atoms with van der Waals surface area (Å²) in [6.45, 7) is 16.7. The van der Waals surface area contributed by atoms with Gasteiger partial charge in [-0.15, -0.1) is 0 Å². The maximum Gasteiger partial charge on any atom is 0.249 e. The van der Waals surface area contributed by atoms with Gasteiger partial charge in [-0.1, -0.05) is 40.2 Å². The number of carbonyl (C=O) groups excluding carboxylic acids is 3. The summed E-state index contributed by atoms with van der Waals surface area (Å²) in [5, 5.41) is 3.10. The average molecular weight is 477 g/mol.